The normalized spacial score (nSPS) is 21.0. The number of hydrogen-bond acceptors (Lipinski definition) is 2. The molecule has 0 radical (unpaired) electrons. The molecule has 1 aliphatic heterocycles. The van der Waals surface area contributed by atoms with Gasteiger partial charge >= 0.3 is 0 Å². The van der Waals surface area contributed by atoms with Gasteiger partial charge in [0.1, 0.15) is 24.1 Å². The smallest absolute Gasteiger partial charge is 0.183 e. The molecule has 24 heavy (non-hydrogen) atoms. The maximum atomic E-state index is 14.4. The summed E-state index contributed by atoms with van der Waals surface area (Å²) in [4.78, 5) is 0. The van der Waals surface area contributed by atoms with E-state index in [1.54, 1.807) is 6.07 Å². The molecule has 0 amide bonds. The zero-order valence-electron chi connectivity index (χ0n) is 13.0. The van der Waals surface area contributed by atoms with E-state index in [2.05, 4.69) is 0 Å². The SMILES string of the molecule is CC1COC(c2ccc(-c3cc(F)c(CF)c(F)c3)c(F)c2)OC1. The van der Waals surface area contributed by atoms with Crippen LogP contribution in [-0.2, 0) is 16.1 Å². The standard InChI is InChI=1S/C18H16F4O2/c1-10-8-23-18(24-9-10)11-2-3-13(15(20)4-11)12-5-16(21)14(7-19)17(22)6-12/h2-6,10,18H,7-9H2,1H3. The van der Waals surface area contributed by atoms with E-state index >= 15 is 0 Å². The molecule has 2 nitrogen and oxygen atoms in total. The molecule has 1 heterocycles. The van der Waals surface area contributed by atoms with Crippen molar-refractivity contribution in [2.75, 3.05) is 13.2 Å². The van der Waals surface area contributed by atoms with Gasteiger partial charge < -0.3 is 9.47 Å². The van der Waals surface area contributed by atoms with Crippen LogP contribution in [0.4, 0.5) is 17.6 Å². The molecule has 0 saturated carbocycles. The van der Waals surface area contributed by atoms with Gasteiger partial charge in [-0.3, -0.25) is 0 Å². The molecule has 128 valence electrons. The average molecular weight is 340 g/mol. The van der Waals surface area contributed by atoms with E-state index in [9.17, 15) is 17.6 Å². The minimum Gasteiger partial charge on any atom is -0.348 e. The van der Waals surface area contributed by atoms with E-state index in [0.717, 1.165) is 12.1 Å². The van der Waals surface area contributed by atoms with Crippen molar-refractivity contribution in [3.05, 3.63) is 58.9 Å². The number of benzene rings is 2. The second kappa shape index (κ2) is 6.91. The van der Waals surface area contributed by atoms with Crippen molar-refractivity contribution in [1.29, 1.82) is 0 Å². The molecule has 1 saturated heterocycles. The third kappa shape index (κ3) is 3.30. The van der Waals surface area contributed by atoms with Crippen molar-refractivity contribution in [1.82, 2.24) is 0 Å². The fourth-order valence-corrected chi connectivity index (χ4v) is 2.59. The lowest BCUT2D eigenvalue weighted by Gasteiger charge is -2.27. The summed E-state index contributed by atoms with van der Waals surface area (Å²) in [5.41, 5.74) is -0.144. The third-order valence-electron chi connectivity index (χ3n) is 3.92. The van der Waals surface area contributed by atoms with Gasteiger partial charge in [0.25, 0.3) is 0 Å². The monoisotopic (exact) mass is 340 g/mol. The van der Waals surface area contributed by atoms with Crippen LogP contribution in [0.25, 0.3) is 11.1 Å². The lowest BCUT2D eigenvalue weighted by Crippen LogP contribution is -2.25. The van der Waals surface area contributed by atoms with Gasteiger partial charge in [-0.1, -0.05) is 19.1 Å². The Bertz CT molecular complexity index is 717. The fraction of sp³-hybridized carbons (Fsp3) is 0.333. The Morgan fingerprint density at radius 2 is 1.58 bits per heavy atom. The Morgan fingerprint density at radius 3 is 2.12 bits per heavy atom. The first kappa shape index (κ1) is 16.9. The molecular weight excluding hydrogens is 324 g/mol. The van der Waals surface area contributed by atoms with Crippen molar-refractivity contribution in [2.45, 2.75) is 19.9 Å². The Balaban J connectivity index is 1.90. The van der Waals surface area contributed by atoms with Crippen LogP contribution >= 0.6 is 0 Å². The average Bonchev–Trinajstić information content (AvgIpc) is 2.55. The second-order valence-corrected chi connectivity index (χ2v) is 5.90. The topological polar surface area (TPSA) is 18.5 Å². The number of halogens is 4. The summed E-state index contributed by atoms with van der Waals surface area (Å²) < 4.78 is 65.3. The van der Waals surface area contributed by atoms with Crippen LogP contribution < -0.4 is 0 Å². The van der Waals surface area contributed by atoms with Crippen LogP contribution in [0.2, 0.25) is 0 Å². The molecule has 0 N–H and O–H groups in total. The van der Waals surface area contributed by atoms with Crippen LogP contribution in [-0.4, -0.2) is 13.2 Å². The Labute approximate surface area is 137 Å². The molecule has 0 spiro atoms. The van der Waals surface area contributed by atoms with Crippen LogP contribution in [0.15, 0.2) is 30.3 Å². The molecule has 0 atom stereocenters. The van der Waals surface area contributed by atoms with Gasteiger partial charge in [0, 0.05) is 17.0 Å². The Morgan fingerprint density at radius 1 is 0.958 bits per heavy atom. The highest BCUT2D eigenvalue weighted by atomic mass is 19.1. The van der Waals surface area contributed by atoms with Gasteiger partial charge in [-0.05, 0) is 23.8 Å². The summed E-state index contributed by atoms with van der Waals surface area (Å²) in [5.74, 6) is -2.47. The van der Waals surface area contributed by atoms with Gasteiger partial charge in [0.05, 0.1) is 18.8 Å². The Hall–Kier alpha value is -1.92. The zero-order valence-corrected chi connectivity index (χ0v) is 13.0. The molecule has 1 fully saturated rings. The molecule has 3 rings (SSSR count). The van der Waals surface area contributed by atoms with Crippen LogP contribution in [0, 0.1) is 23.4 Å². The first-order valence-electron chi connectivity index (χ1n) is 7.56. The zero-order chi connectivity index (χ0) is 17.3. The molecule has 0 aliphatic carbocycles. The van der Waals surface area contributed by atoms with Crippen molar-refractivity contribution in [2.24, 2.45) is 5.92 Å². The lowest BCUT2D eigenvalue weighted by atomic mass is 10.0. The minimum atomic E-state index is -1.26. The first-order valence-corrected chi connectivity index (χ1v) is 7.56. The molecule has 6 heteroatoms. The van der Waals surface area contributed by atoms with E-state index in [1.807, 2.05) is 6.92 Å². The molecule has 2 aromatic rings. The van der Waals surface area contributed by atoms with E-state index in [1.165, 1.54) is 12.1 Å². The van der Waals surface area contributed by atoms with Crippen molar-refractivity contribution < 1.29 is 27.0 Å². The molecule has 0 aromatic heterocycles. The fourth-order valence-electron chi connectivity index (χ4n) is 2.59. The number of ether oxygens (including phenoxy) is 2. The quantitative estimate of drug-likeness (QED) is 0.738. The number of hydrogen-bond donors (Lipinski definition) is 0. The lowest BCUT2D eigenvalue weighted by molar-refractivity contribution is -0.202. The summed E-state index contributed by atoms with van der Waals surface area (Å²) in [5, 5.41) is 0. The highest BCUT2D eigenvalue weighted by Gasteiger charge is 2.22. The van der Waals surface area contributed by atoms with Gasteiger partial charge in [0.2, 0.25) is 0 Å². The summed E-state index contributed by atoms with van der Waals surface area (Å²) >= 11 is 0. The predicted molar refractivity (Wildman–Crippen MR) is 80.4 cm³/mol. The van der Waals surface area contributed by atoms with Gasteiger partial charge in [-0.15, -0.1) is 0 Å². The summed E-state index contributed by atoms with van der Waals surface area (Å²) in [6.45, 7) is 1.74. The highest BCUT2D eigenvalue weighted by Crippen LogP contribution is 2.31. The van der Waals surface area contributed by atoms with Crippen molar-refractivity contribution in [3.8, 4) is 11.1 Å². The van der Waals surface area contributed by atoms with Crippen molar-refractivity contribution in [3.63, 3.8) is 0 Å². The number of alkyl halides is 1. The van der Waals surface area contributed by atoms with Crippen LogP contribution in [0.1, 0.15) is 24.3 Å². The molecule has 0 bridgehead atoms. The second-order valence-electron chi connectivity index (χ2n) is 5.90. The van der Waals surface area contributed by atoms with Crippen LogP contribution in [0.3, 0.4) is 0 Å². The molecule has 0 unspecified atom stereocenters. The minimum absolute atomic E-state index is 0.00496. The van der Waals surface area contributed by atoms with Gasteiger partial charge in [0.15, 0.2) is 6.29 Å². The van der Waals surface area contributed by atoms with Crippen LogP contribution in [0.5, 0.6) is 0 Å². The highest BCUT2D eigenvalue weighted by molar-refractivity contribution is 5.65. The number of rotatable bonds is 3. The predicted octanol–water partition coefficient (Wildman–Crippen LogP) is 4.92. The molecule has 1 aliphatic rings. The van der Waals surface area contributed by atoms with E-state index < -0.39 is 36.0 Å². The summed E-state index contributed by atoms with van der Waals surface area (Å²) in [6, 6.07) is 6.04. The molecular formula is C18H16F4O2. The maximum Gasteiger partial charge on any atom is 0.183 e. The van der Waals surface area contributed by atoms with Crippen molar-refractivity contribution >= 4 is 0 Å². The largest absolute Gasteiger partial charge is 0.348 e. The van der Waals surface area contributed by atoms with E-state index in [-0.39, 0.29) is 17.0 Å². The summed E-state index contributed by atoms with van der Waals surface area (Å²) in [6.07, 6.45) is -0.660. The summed E-state index contributed by atoms with van der Waals surface area (Å²) in [7, 11) is 0. The third-order valence-corrected chi connectivity index (χ3v) is 3.92. The van der Waals surface area contributed by atoms with E-state index in [0.29, 0.717) is 18.8 Å². The van der Waals surface area contributed by atoms with Gasteiger partial charge in [-0.2, -0.15) is 0 Å². The first-order chi connectivity index (χ1) is 11.5. The Kier molecular flexibility index (Phi) is 4.87. The maximum absolute atomic E-state index is 14.4. The molecule has 2 aromatic carbocycles. The van der Waals surface area contributed by atoms with E-state index in [4.69, 9.17) is 9.47 Å². The van der Waals surface area contributed by atoms with Gasteiger partial charge in [-0.25, -0.2) is 17.6 Å².